The molecule has 3 heterocycles. The van der Waals surface area contributed by atoms with E-state index in [1.807, 2.05) is 11.4 Å². The average Bonchev–Trinajstić information content (AvgIpc) is 3.34. The summed E-state index contributed by atoms with van der Waals surface area (Å²) in [6, 6.07) is 4.39. The number of nitrogens with two attached hydrogens (primary N) is 1. The number of rotatable bonds is 7. The van der Waals surface area contributed by atoms with Gasteiger partial charge in [-0.3, -0.25) is 14.9 Å². The number of likely N-dealkylation sites (tertiary alicyclic amines) is 1. The number of quaternary nitrogens is 1. The lowest BCUT2D eigenvalue weighted by Gasteiger charge is -2.19. The van der Waals surface area contributed by atoms with Crippen LogP contribution in [0, 0.1) is 6.92 Å². The van der Waals surface area contributed by atoms with Gasteiger partial charge in [-0.05, 0) is 25.3 Å². The maximum absolute atomic E-state index is 12.6. The number of thiophene rings is 1. The number of furan rings is 1. The van der Waals surface area contributed by atoms with Gasteiger partial charge in [-0.25, -0.2) is 4.79 Å². The lowest BCUT2D eigenvalue weighted by atomic mass is 10.1. The maximum Gasteiger partial charge on any atom is 0.342 e. The first-order chi connectivity index (χ1) is 13.4. The topological polar surface area (TPSA) is 116 Å². The number of carbonyl (C=O) groups excluding carboxylic acids is 3. The summed E-state index contributed by atoms with van der Waals surface area (Å²) in [5, 5.41) is 4.65. The van der Waals surface area contributed by atoms with E-state index in [9.17, 15) is 14.4 Å². The number of hydrogen-bond donors (Lipinski definition) is 3. The van der Waals surface area contributed by atoms with Crippen LogP contribution in [0.15, 0.2) is 21.9 Å². The molecule has 2 atom stereocenters. The summed E-state index contributed by atoms with van der Waals surface area (Å²) in [5.74, 6) is -1.80. The number of primary amides is 1. The number of hydrogen-bond acceptors (Lipinski definition) is 6. The van der Waals surface area contributed by atoms with Crippen molar-refractivity contribution in [3.05, 3.63) is 39.3 Å². The van der Waals surface area contributed by atoms with E-state index in [0.29, 0.717) is 0 Å². The number of carbonyl (C=O) groups is 3. The molecule has 28 heavy (non-hydrogen) atoms. The molecular formula is C19H24N3O5S+. The Balaban J connectivity index is 1.76. The Bertz CT molecular complexity index is 875. The fourth-order valence-electron chi connectivity index (χ4n) is 3.65. The standard InChI is InChI=1S/C19H23N3O5S/c1-3-26-19(25)15-11(2)27-18(16(15)17(20)24)21-14(23)10-22-8-4-6-12(22)13-7-5-9-28-13/h5,7,9,12H,3-4,6,8,10H2,1-2H3,(H2,20,24)(H,21,23)/p+1/t12-/m1/s1. The lowest BCUT2D eigenvalue weighted by molar-refractivity contribution is -0.910. The molecule has 1 unspecified atom stereocenters. The molecule has 0 saturated carbocycles. The van der Waals surface area contributed by atoms with Crippen molar-refractivity contribution in [1.29, 1.82) is 0 Å². The zero-order valence-corrected chi connectivity index (χ0v) is 16.7. The fourth-order valence-corrected chi connectivity index (χ4v) is 4.57. The molecule has 2 aromatic heterocycles. The number of amides is 2. The summed E-state index contributed by atoms with van der Waals surface area (Å²) in [4.78, 5) is 39.1. The second kappa shape index (κ2) is 8.57. The molecule has 3 rings (SSSR count). The van der Waals surface area contributed by atoms with Crippen molar-refractivity contribution in [2.45, 2.75) is 32.7 Å². The van der Waals surface area contributed by atoms with E-state index >= 15 is 0 Å². The van der Waals surface area contributed by atoms with Crippen molar-refractivity contribution in [2.24, 2.45) is 5.73 Å². The van der Waals surface area contributed by atoms with Gasteiger partial charge in [-0.1, -0.05) is 6.07 Å². The molecule has 9 heteroatoms. The van der Waals surface area contributed by atoms with E-state index in [1.54, 1.807) is 18.3 Å². The monoisotopic (exact) mass is 406 g/mol. The van der Waals surface area contributed by atoms with Crippen LogP contribution in [0.4, 0.5) is 5.88 Å². The van der Waals surface area contributed by atoms with Gasteiger partial charge >= 0.3 is 5.97 Å². The molecular weight excluding hydrogens is 382 g/mol. The Morgan fingerprint density at radius 2 is 2.18 bits per heavy atom. The van der Waals surface area contributed by atoms with Crippen molar-refractivity contribution in [3.8, 4) is 0 Å². The number of aryl methyl sites for hydroxylation is 1. The summed E-state index contributed by atoms with van der Waals surface area (Å²) in [6.45, 7) is 4.45. The van der Waals surface area contributed by atoms with Gasteiger partial charge < -0.3 is 19.8 Å². The summed E-state index contributed by atoms with van der Waals surface area (Å²) >= 11 is 1.69. The summed E-state index contributed by atoms with van der Waals surface area (Å²) in [5.41, 5.74) is 5.22. The van der Waals surface area contributed by atoms with E-state index in [-0.39, 0.29) is 47.9 Å². The molecule has 0 radical (unpaired) electrons. The SMILES string of the molecule is CCOC(=O)c1c(C)oc(NC(=O)C[NH+]2CCC[C@@H]2c2cccs2)c1C(N)=O. The minimum Gasteiger partial charge on any atom is -0.462 e. The highest BCUT2D eigenvalue weighted by Gasteiger charge is 2.34. The third kappa shape index (κ3) is 4.10. The van der Waals surface area contributed by atoms with E-state index in [4.69, 9.17) is 14.9 Å². The van der Waals surface area contributed by atoms with Gasteiger partial charge in [-0.15, -0.1) is 11.3 Å². The molecule has 1 aliphatic rings. The van der Waals surface area contributed by atoms with Crippen LogP contribution in [0.1, 0.15) is 57.2 Å². The molecule has 2 aromatic rings. The van der Waals surface area contributed by atoms with Crippen LogP contribution < -0.4 is 16.0 Å². The minimum absolute atomic E-state index is 0.0466. The highest BCUT2D eigenvalue weighted by Crippen LogP contribution is 2.28. The first kappa shape index (κ1) is 20.1. The molecule has 0 spiro atoms. The van der Waals surface area contributed by atoms with Gasteiger partial charge in [0.25, 0.3) is 11.8 Å². The quantitative estimate of drug-likeness (QED) is 0.599. The largest absolute Gasteiger partial charge is 0.462 e. The summed E-state index contributed by atoms with van der Waals surface area (Å²) < 4.78 is 10.4. The molecule has 0 aromatic carbocycles. The molecule has 0 aliphatic carbocycles. The molecule has 150 valence electrons. The van der Waals surface area contributed by atoms with Gasteiger partial charge in [0.15, 0.2) is 6.54 Å². The van der Waals surface area contributed by atoms with E-state index in [0.717, 1.165) is 24.3 Å². The molecule has 4 N–H and O–H groups in total. The third-order valence-corrected chi connectivity index (χ3v) is 5.81. The Hall–Kier alpha value is -2.65. The smallest absolute Gasteiger partial charge is 0.342 e. The first-order valence-corrected chi connectivity index (χ1v) is 10.1. The van der Waals surface area contributed by atoms with Gasteiger partial charge in [0.05, 0.1) is 18.0 Å². The minimum atomic E-state index is -0.861. The van der Waals surface area contributed by atoms with Crippen LogP contribution in [0.2, 0.25) is 0 Å². The normalized spacial score (nSPS) is 18.8. The van der Waals surface area contributed by atoms with Crippen LogP contribution in [-0.2, 0) is 9.53 Å². The number of nitrogens with one attached hydrogen (secondary N) is 2. The molecule has 1 fully saturated rings. The zero-order valence-electron chi connectivity index (χ0n) is 15.9. The summed E-state index contributed by atoms with van der Waals surface area (Å²) in [7, 11) is 0. The van der Waals surface area contributed by atoms with E-state index in [1.165, 1.54) is 11.8 Å². The summed E-state index contributed by atoms with van der Waals surface area (Å²) in [6.07, 6.45) is 2.08. The van der Waals surface area contributed by atoms with Gasteiger partial charge in [0.2, 0.25) is 5.88 Å². The Morgan fingerprint density at radius 3 is 2.82 bits per heavy atom. The average molecular weight is 406 g/mol. The van der Waals surface area contributed by atoms with Gasteiger partial charge in [-0.2, -0.15) is 0 Å². The van der Waals surface area contributed by atoms with Crippen LogP contribution in [0.5, 0.6) is 0 Å². The van der Waals surface area contributed by atoms with Crippen molar-refractivity contribution in [1.82, 2.24) is 0 Å². The van der Waals surface area contributed by atoms with E-state index in [2.05, 4.69) is 11.4 Å². The number of esters is 1. The van der Waals surface area contributed by atoms with Crippen molar-refractivity contribution in [3.63, 3.8) is 0 Å². The highest BCUT2D eigenvalue weighted by molar-refractivity contribution is 7.10. The predicted molar refractivity (Wildman–Crippen MR) is 104 cm³/mol. The van der Waals surface area contributed by atoms with Crippen molar-refractivity contribution in [2.75, 3.05) is 25.0 Å². The Kier molecular flexibility index (Phi) is 6.15. The third-order valence-electron chi connectivity index (χ3n) is 4.82. The van der Waals surface area contributed by atoms with Crippen LogP contribution in [-0.4, -0.2) is 37.5 Å². The number of anilines is 1. The van der Waals surface area contributed by atoms with Crippen LogP contribution >= 0.6 is 11.3 Å². The Labute approximate surface area is 166 Å². The first-order valence-electron chi connectivity index (χ1n) is 9.20. The van der Waals surface area contributed by atoms with Crippen LogP contribution in [0.25, 0.3) is 0 Å². The van der Waals surface area contributed by atoms with E-state index < -0.39 is 11.9 Å². The van der Waals surface area contributed by atoms with Crippen molar-refractivity contribution < 1.29 is 28.4 Å². The maximum atomic E-state index is 12.6. The highest BCUT2D eigenvalue weighted by atomic mass is 32.1. The van der Waals surface area contributed by atoms with Gasteiger partial charge in [0.1, 0.15) is 22.9 Å². The lowest BCUT2D eigenvalue weighted by Crippen LogP contribution is -3.11. The van der Waals surface area contributed by atoms with Crippen LogP contribution in [0.3, 0.4) is 0 Å². The molecule has 0 bridgehead atoms. The number of ether oxygens (including phenoxy) is 1. The molecule has 2 amide bonds. The van der Waals surface area contributed by atoms with Crippen molar-refractivity contribution >= 4 is 35.0 Å². The second-order valence-corrected chi connectivity index (χ2v) is 7.64. The predicted octanol–water partition coefficient (Wildman–Crippen LogP) is 1.28. The molecule has 1 saturated heterocycles. The molecule has 1 aliphatic heterocycles. The Morgan fingerprint density at radius 1 is 1.39 bits per heavy atom. The zero-order chi connectivity index (χ0) is 20.3. The fraction of sp³-hybridized carbons (Fsp3) is 0.421. The molecule has 8 nitrogen and oxygen atoms in total. The second-order valence-electron chi connectivity index (χ2n) is 6.67. The van der Waals surface area contributed by atoms with Gasteiger partial charge in [0, 0.05) is 12.8 Å².